The van der Waals surface area contributed by atoms with Gasteiger partial charge < -0.3 is 0 Å². The molecule has 0 bridgehead atoms. The van der Waals surface area contributed by atoms with Crippen molar-refractivity contribution < 1.29 is 0 Å². The number of aromatic amines is 2. The minimum Gasteiger partial charge on any atom is -0.297 e. The Labute approximate surface area is 73.8 Å². The molecule has 0 aromatic carbocycles. The topological polar surface area (TPSA) is 65.7 Å². The van der Waals surface area contributed by atoms with Crippen molar-refractivity contribution in [1.29, 1.82) is 0 Å². The number of aromatic nitrogens is 2. The van der Waals surface area contributed by atoms with Gasteiger partial charge in [0.15, 0.2) is 0 Å². The summed E-state index contributed by atoms with van der Waals surface area (Å²) in [6.07, 6.45) is 0. The lowest BCUT2D eigenvalue weighted by molar-refractivity contribution is 1.02. The van der Waals surface area contributed by atoms with Crippen LogP contribution in [-0.4, -0.2) is 9.97 Å². The maximum atomic E-state index is 10.7. The van der Waals surface area contributed by atoms with E-state index in [2.05, 4.69) is 4.98 Å². The number of hydrogen-bond donors (Lipinski definition) is 2. The van der Waals surface area contributed by atoms with E-state index in [0.717, 1.165) is 0 Å². The van der Waals surface area contributed by atoms with E-state index >= 15 is 0 Å². The summed E-state index contributed by atoms with van der Waals surface area (Å²) in [5, 5.41) is 0.0781. The number of nitrogens with one attached hydrogen (secondary N) is 2. The monoisotopic (exact) mass is 272 g/mol. The van der Waals surface area contributed by atoms with Gasteiger partial charge in [0.2, 0.25) is 0 Å². The van der Waals surface area contributed by atoms with E-state index in [1.165, 1.54) is 0 Å². The van der Waals surface area contributed by atoms with Crippen LogP contribution < -0.4 is 11.2 Å². The van der Waals surface area contributed by atoms with Crippen LogP contribution in [0.4, 0.5) is 0 Å². The Morgan fingerprint density at radius 3 is 2.40 bits per heavy atom. The highest BCUT2D eigenvalue weighted by molar-refractivity contribution is 14.1. The number of halogens is 2. The third-order valence-corrected chi connectivity index (χ3v) is 2.47. The van der Waals surface area contributed by atoms with E-state index in [0.29, 0.717) is 3.57 Å². The van der Waals surface area contributed by atoms with Gasteiger partial charge in [0.05, 0.1) is 0 Å². The molecule has 0 aliphatic heterocycles. The van der Waals surface area contributed by atoms with Crippen molar-refractivity contribution in [3.8, 4) is 0 Å². The second kappa shape index (κ2) is 2.75. The standard InChI is InChI=1S/C4H2ClIN2O2/c5-2-1(6)3(9)8-4(10)7-2/h(H2,7,8,9,10). The third kappa shape index (κ3) is 1.40. The normalized spacial score (nSPS) is 9.80. The molecule has 0 saturated heterocycles. The van der Waals surface area contributed by atoms with Crippen LogP contribution in [0.3, 0.4) is 0 Å². The zero-order valence-corrected chi connectivity index (χ0v) is 7.49. The molecule has 0 fully saturated rings. The lowest BCUT2D eigenvalue weighted by Gasteiger charge is -1.89. The fourth-order valence-electron chi connectivity index (χ4n) is 0.443. The predicted octanol–water partition coefficient (Wildman–Crippen LogP) is 0.321. The average molecular weight is 272 g/mol. The maximum absolute atomic E-state index is 10.7. The van der Waals surface area contributed by atoms with Crippen LogP contribution >= 0.6 is 34.2 Å². The van der Waals surface area contributed by atoms with Crippen molar-refractivity contribution in [3.05, 3.63) is 29.6 Å². The molecule has 0 unspecified atom stereocenters. The summed E-state index contributed by atoms with van der Waals surface area (Å²) in [6, 6.07) is 0. The molecule has 10 heavy (non-hydrogen) atoms. The van der Waals surface area contributed by atoms with Gasteiger partial charge in [-0.1, -0.05) is 11.6 Å². The molecular weight excluding hydrogens is 270 g/mol. The van der Waals surface area contributed by atoms with Crippen LogP contribution in [-0.2, 0) is 0 Å². The smallest absolute Gasteiger partial charge is 0.297 e. The molecule has 0 aliphatic rings. The first-order valence-electron chi connectivity index (χ1n) is 2.29. The zero-order chi connectivity index (χ0) is 7.72. The molecule has 1 aromatic rings. The Kier molecular flexibility index (Phi) is 2.14. The average Bonchev–Trinajstić information content (AvgIpc) is 1.82. The van der Waals surface area contributed by atoms with Crippen molar-refractivity contribution in [1.82, 2.24) is 9.97 Å². The van der Waals surface area contributed by atoms with Gasteiger partial charge in [-0.3, -0.25) is 14.8 Å². The van der Waals surface area contributed by atoms with Crippen LogP contribution in [0.1, 0.15) is 0 Å². The molecule has 0 saturated carbocycles. The summed E-state index contributed by atoms with van der Waals surface area (Å²) in [5.74, 6) is 0. The van der Waals surface area contributed by atoms with Gasteiger partial charge in [0, 0.05) is 0 Å². The molecule has 0 spiro atoms. The molecular formula is C4H2ClIN2O2. The van der Waals surface area contributed by atoms with E-state index in [-0.39, 0.29) is 5.15 Å². The van der Waals surface area contributed by atoms with Gasteiger partial charge in [0.25, 0.3) is 5.56 Å². The molecule has 0 aliphatic carbocycles. The van der Waals surface area contributed by atoms with E-state index in [9.17, 15) is 9.59 Å². The van der Waals surface area contributed by atoms with E-state index in [1.807, 2.05) is 4.98 Å². The SMILES string of the molecule is O=c1[nH]c(Cl)c(I)c(=O)[nH]1. The third-order valence-electron chi connectivity index (χ3n) is 0.842. The van der Waals surface area contributed by atoms with Crippen molar-refractivity contribution in [3.63, 3.8) is 0 Å². The van der Waals surface area contributed by atoms with E-state index in [4.69, 9.17) is 11.6 Å². The van der Waals surface area contributed by atoms with Gasteiger partial charge in [-0.15, -0.1) is 0 Å². The quantitative estimate of drug-likeness (QED) is 0.528. The van der Waals surface area contributed by atoms with Gasteiger partial charge in [-0.2, -0.15) is 0 Å². The minimum absolute atomic E-state index is 0.0781. The fourth-order valence-corrected chi connectivity index (χ4v) is 0.885. The number of H-pyrrole nitrogens is 2. The highest BCUT2D eigenvalue weighted by atomic mass is 127. The summed E-state index contributed by atoms with van der Waals surface area (Å²) >= 11 is 7.18. The first kappa shape index (κ1) is 7.80. The van der Waals surface area contributed by atoms with Crippen molar-refractivity contribution in [2.75, 3.05) is 0 Å². The van der Waals surface area contributed by atoms with Gasteiger partial charge in [-0.05, 0) is 22.6 Å². The Hall–Kier alpha value is -0.300. The summed E-state index contributed by atoms with van der Waals surface area (Å²) in [6.45, 7) is 0. The van der Waals surface area contributed by atoms with Gasteiger partial charge in [-0.25, -0.2) is 4.79 Å². The molecule has 2 N–H and O–H groups in total. The largest absolute Gasteiger partial charge is 0.326 e. The summed E-state index contributed by atoms with van der Waals surface area (Å²) in [7, 11) is 0. The van der Waals surface area contributed by atoms with Crippen LogP contribution in [0.25, 0.3) is 0 Å². The number of hydrogen-bond acceptors (Lipinski definition) is 2. The maximum Gasteiger partial charge on any atom is 0.326 e. The highest BCUT2D eigenvalue weighted by Crippen LogP contribution is 2.06. The fraction of sp³-hybridized carbons (Fsp3) is 0. The van der Waals surface area contributed by atoms with Crippen molar-refractivity contribution in [2.24, 2.45) is 0 Å². The Morgan fingerprint density at radius 1 is 1.30 bits per heavy atom. The molecule has 6 heteroatoms. The van der Waals surface area contributed by atoms with Gasteiger partial charge >= 0.3 is 5.69 Å². The van der Waals surface area contributed by atoms with Gasteiger partial charge in [0.1, 0.15) is 8.72 Å². The molecule has 0 radical (unpaired) electrons. The number of rotatable bonds is 0. The highest BCUT2D eigenvalue weighted by Gasteiger charge is 2.00. The second-order valence-corrected chi connectivity index (χ2v) is 2.99. The Balaban J connectivity index is 3.62. The van der Waals surface area contributed by atoms with E-state index < -0.39 is 11.2 Å². The predicted molar refractivity (Wildman–Crippen MR) is 45.4 cm³/mol. The second-order valence-electron chi connectivity index (χ2n) is 1.54. The Morgan fingerprint density at radius 2 is 1.90 bits per heavy atom. The molecule has 54 valence electrons. The summed E-state index contributed by atoms with van der Waals surface area (Å²) in [5.41, 5.74) is -1.05. The Bertz CT molecular complexity index is 355. The lowest BCUT2D eigenvalue weighted by atomic mass is 10.7. The molecule has 4 nitrogen and oxygen atoms in total. The molecule has 0 amide bonds. The molecule has 0 atom stereocenters. The molecule has 1 heterocycles. The minimum atomic E-state index is -0.588. The lowest BCUT2D eigenvalue weighted by Crippen LogP contribution is -2.24. The molecule has 1 rings (SSSR count). The van der Waals surface area contributed by atoms with E-state index in [1.54, 1.807) is 22.6 Å². The van der Waals surface area contributed by atoms with Crippen LogP contribution in [0.2, 0.25) is 5.15 Å². The van der Waals surface area contributed by atoms with Crippen LogP contribution in [0.5, 0.6) is 0 Å². The first-order chi connectivity index (χ1) is 4.61. The summed E-state index contributed by atoms with van der Waals surface area (Å²) in [4.78, 5) is 25.4. The summed E-state index contributed by atoms with van der Waals surface area (Å²) < 4.78 is 0.291. The zero-order valence-electron chi connectivity index (χ0n) is 4.57. The van der Waals surface area contributed by atoms with Crippen LogP contribution in [0.15, 0.2) is 9.59 Å². The van der Waals surface area contributed by atoms with Crippen molar-refractivity contribution >= 4 is 34.2 Å². The molecule has 1 aromatic heterocycles. The van der Waals surface area contributed by atoms with Crippen molar-refractivity contribution in [2.45, 2.75) is 0 Å². The first-order valence-corrected chi connectivity index (χ1v) is 3.74. The van der Waals surface area contributed by atoms with Crippen LogP contribution in [0, 0.1) is 3.57 Å².